The number of carbonyl (C=O) groups excluding carboxylic acids is 1. The predicted molar refractivity (Wildman–Crippen MR) is 266 cm³/mol. The van der Waals surface area contributed by atoms with Gasteiger partial charge in [0, 0.05) is 0 Å². The van der Waals surface area contributed by atoms with E-state index in [1.165, 1.54) is 147 Å². The Labute approximate surface area is 400 Å². The third-order valence-corrected chi connectivity index (χ3v) is 13.7. The van der Waals surface area contributed by atoms with Gasteiger partial charge in [0.05, 0.1) is 31.3 Å². The predicted octanol–water partition coefficient (Wildman–Crippen LogP) is 10.1. The van der Waals surface area contributed by atoms with Crippen molar-refractivity contribution in [1.29, 1.82) is 0 Å². The largest absolute Gasteiger partial charge is 0.472 e. The van der Waals surface area contributed by atoms with E-state index in [4.69, 9.17) is 9.05 Å². The summed E-state index contributed by atoms with van der Waals surface area (Å²) >= 11 is 0. The summed E-state index contributed by atoms with van der Waals surface area (Å²) in [6.45, 7) is 3.75. The fourth-order valence-corrected chi connectivity index (χ4v) is 9.36. The Hall–Kier alpha value is -1.48. The van der Waals surface area contributed by atoms with Gasteiger partial charge in [-0.2, -0.15) is 0 Å². The molecule has 8 unspecified atom stereocenters. The molecule has 388 valence electrons. The molecule has 0 aliphatic heterocycles. The number of hydrogen-bond acceptors (Lipinski definition) is 11. The smallest absolute Gasteiger partial charge is 0.393 e. The molecular weight excluding hydrogens is 862 g/mol. The van der Waals surface area contributed by atoms with Gasteiger partial charge in [-0.15, -0.1) is 0 Å². The molecule has 1 rings (SSSR count). The molecular formula is C52H98NO12P. The van der Waals surface area contributed by atoms with E-state index in [0.29, 0.717) is 19.3 Å². The fraction of sp³-hybridized carbons (Fsp3) is 0.865. The maximum absolute atomic E-state index is 13.0. The monoisotopic (exact) mass is 960 g/mol. The van der Waals surface area contributed by atoms with E-state index >= 15 is 0 Å². The lowest BCUT2D eigenvalue weighted by atomic mass is 9.85. The van der Waals surface area contributed by atoms with E-state index in [-0.39, 0.29) is 6.42 Å². The molecule has 1 fully saturated rings. The molecule has 0 heterocycles. The lowest BCUT2D eigenvalue weighted by Crippen LogP contribution is -2.64. The van der Waals surface area contributed by atoms with Crippen molar-refractivity contribution in [3.05, 3.63) is 36.5 Å². The number of unbranched alkanes of at least 4 members (excludes halogenated alkanes) is 27. The quantitative estimate of drug-likeness (QED) is 0.0158. The van der Waals surface area contributed by atoms with Crippen LogP contribution in [0.5, 0.6) is 0 Å². The second kappa shape index (κ2) is 41.3. The van der Waals surface area contributed by atoms with Crippen LogP contribution in [0.4, 0.5) is 0 Å². The van der Waals surface area contributed by atoms with Gasteiger partial charge in [0.25, 0.3) is 0 Å². The molecule has 66 heavy (non-hydrogen) atoms. The third-order valence-electron chi connectivity index (χ3n) is 12.7. The number of carbonyl (C=O) groups is 1. The standard InChI is InChI=1S/C52H98NO12P/c1-3-5-7-9-11-13-15-17-19-21-23-25-27-29-31-33-35-37-39-43(54)41-46(56)53-44(42-64-66(62,63)65-52-50(60)48(58)47(57)49(59)51(52)61)45(55)40-38-36-34-32-30-28-26-24-22-20-18-16-14-12-10-8-6-4-2/h22,24,30,32,38,40,43-45,47-52,54-55,57-61H,3-21,23,25-29,31,33-37,39,41-42H2,1-2H3,(H,53,56)(H,62,63)/b24-22+,32-30+,40-38+. The van der Waals surface area contributed by atoms with Crippen molar-refractivity contribution in [2.75, 3.05) is 6.61 Å². The van der Waals surface area contributed by atoms with Gasteiger partial charge in [-0.1, -0.05) is 211 Å². The number of nitrogens with one attached hydrogen (secondary N) is 1. The SMILES string of the molecule is CCCCCCCCCC/C=C/CC/C=C/CC/C=C/C(O)C(COP(=O)(O)OC1C(O)C(O)C(O)C(O)C1O)NC(=O)CC(O)CCCCCCCCCCCCCCCCCCCC. The molecule has 0 spiro atoms. The lowest BCUT2D eigenvalue weighted by molar-refractivity contribution is -0.220. The van der Waals surface area contributed by atoms with Crippen LogP contribution < -0.4 is 5.32 Å². The van der Waals surface area contributed by atoms with Crippen molar-refractivity contribution in [3.63, 3.8) is 0 Å². The summed E-state index contributed by atoms with van der Waals surface area (Å²) in [7, 11) is -5.16. The fourth-order valence-electron chi connectivity index (χ4n) is 8.39. The minimum Gasteiger partial charge on any atom is -0.393 e. The highest BCUT2D eigenvalue weighted by molar-refractivity contribution is 7.47. The van der Waals surface area contributed by atoms with Crippen LogP contribution in [0.3, 0.4) is 0 Å². The molecule has 0 saturated heterocycles. The van der Waals surface area contributed by atoms with Crippen LogP contribution in [0.1, 0.15) is 226 Å². The van der Waals surface area contributed by atoms with Crippen LogP contribution in [0.2, 0.25) is 0 Å². The molecule has 1 saturated carbocycles. The van der Waals surface area contributed by atoms with Crippen LogP contribution in [0, 0.1) is 0 Å². The van der Waals surface area contributed by atoms with Crippen LogP contribution >= 0.6 is 7.82 Å². The zero-order valence-electron chi connectivity index (χ0n) is 41.4. The maximum atomic E-state index is 13.0. The van der Waals surface area contributed by atoms with E-state index < -0.39 is 75.2 Å². The molecule has 14 heteroatoms. The molecule has 13 nitrogen and oxygen atoms in total. The van der Waals surface area contributed by atoms with Crippen LogP contribution in [0.15, 0.2) is 36.5 Å². The van der Waals surface area contributed by atoms with Crippen molar-refractivity contribution < 1.29 is 59.0 Å². The minimum atomic E-state index is -5.16. The normalized spacial score (nSPS) is 22.6. The molecule has 0 aromatic heterocycles. The van der Waals surface area contributed by atoms with Gasteiger partial charge in [0.15, 0.2) is 0 Å². The number of allylic oxidation sites excluding steroid dienone is 5. The zero-order chi connectivity index (χ0) is 48.7. The molecule has 0 aromatic carbocycles. The minimum absolute atomic E-state index is 0.253. The third kappa shape index (κ3) is 32.4. The van der Waals surface area contributed by atoms with Gasteiger partial charge in [-0.3, -0.25) is 13.8 Å². The molecule has 1 aliphatic rings. The Balaban J connectivity index is 2.50. The highest BCUT2D eigenvalue weighted by atomic mass is 31.2. The van der Waals surface area contributed by atoms with Crippen molar-refractivity contribution in [2.24, 2.45) is 0 Å². The van der Waals surface area contributed by atoms with E-state index in [9.17, 15) is 50.0 Å². The number of hydrogen-bond donors (Lipinski definition) is 9. The van der Waals surface area contributed by atoms with E-state index in [2.05, 4.69) is 43.5 Å². The summed E-state index contributed by atoms with van der Waals surface area (Å²) in [5.41, 5.74) is 0. The Morgan fingerprint density at radius 3 is 1.33 bits per heavy atom. The lowest BCUT2D eigenvalue weighted by Gasteiger charge is -2.41. The summed E-state index contributed by atoms with van der Waals surface area (Å²) in [5.74, 6) is -0.604. The summed E-state index contributed by atoms with van der Waals surface area (Å²) in [6.07, 6.45) is 35.1. The summed E-state index contributed by atoms with van der Waals surface area (Å²) in [5, 5.41) is 74.7. The van der Waals surface area contributed by atoms with Crippen molar-refractivity contribution in [1.82, 2.24) is 5.32 Å². The van der Waals surface area contributed by atoms with Gasteiger partial charge >= 0.3 is 7.82 Å². The highest BCUT2D eigenvalue weighted by Crippen LogP contribution is 2.47. The molecule has 8 atom stereocenters. The number of aliphatic hydroxyl groups is 7. The number of phosphoric ester groups is 1. The topological polar surface area (TPSA) is 226 Å². The number of phosphoric acid groups is 1. The zero-order valence-corrected chi connectivity index (χ0v) is 42.3. The second-order valence-electron chi connectivity index (χ2n) is 18.9. The van der Waals surface area contributed by atoms with Crippen molar-refractivity contribution >= 4 is 13.7 Å². The average molecular weight is 960 g/mol. The average Bonchev–Trinajstić information content (AvgIpc) is 3.29. The van der Waals surface area contributed by atoms with Crippen molar-refractivity contribution in [2.45, 2.75) is 281 Å². The van der Waals surface area contributed by atoms with Crippen LogP contribution in [-0.4, -0.2) is 108 Å². The van der Waals surface area contributed by atoms with Gasteiger partial charge in [0.1, 0.15) is 36.6 Å². The molecule has 1 aliphatic carbocycles. The molecule has 9 N–H and O–H groups in total. The summed E-state index contributed by atoms with van der Waals surface area (Å²) < 4.78 is 22.9. The first-order valence-corrected chi connectivity index (χ1v) is 28.0. The van der Waals surface area contributed by atoms with E-state index in [1.54, 1.807) is 6.08 Å². The number of rotatable bonds is 44. The summed E-state index contributed by atoms with van der Waals surface area (Å²) in [4.78, 5) is 23.5. The van der Waals surface area contributed by atoms with Gasteiger partial charge in [0.2, 0.25) is 5.91 Å². The highest BCUT2D eigenvalue weighted by Gasteiger charge is 2.51. The number of amides is 1. The summed E-state index contributed by atoms with van der Waals surface area (Å²) in [6, 6.07) is -1.26. The van der Waals surface area contributed by atoms with Gasteiger partial charge in [-0.25, -0.2) is 4.57 Å². The molecule has 0 radical (unpaired) electrons. The van der Waals surface area contributed by atoms with E-state index in [0.717, 1.165) is 44.9 Å². The maximum Gasteiger partial charge on any atom is 0.472 e. The van der Waals surface area contributed by atoms with Crippen LogP contribution in [0.25, 0.3) is 0 Å². The van der Waals surface area contributed by atoms with Crippen molar-refractivity contribution in [3.8, 4) is 0 Å². The Morgan fingerprint density at radius 2 is 0.894 bits per heavy atom. The molecule has 0 aromatic rings. The first kappa shape index (κ1) is 62.5. The first-order valence-electron chi connectivity index (χ1n) is 26.5. The van der Waals surface area contributed by atoms with E-state index in [1.807, 2.05) is 0 Å². The van der Waals surface area contributed by atoms with Gasteiger partial charge in [-0.05, 0) is 44.9 Å². The van der Waals surface area contributed by atoms with Crippen LogP contribution in [-0.2, 0) is 18.4 Å². The Bertz CT molecular complexity index is 1270. The Morgan fingerprint density at radius 1 is 0.530 bits per heavy atom. The Kier molecular flexibility index (Phi) is 39.1. The first-order chi connectivity index (χ1) is 31.8. The molecule has 0 bridgehead atoms. The van der Waals surface area contributed by atoms with Gasteiger partial charge < -0.3 is 46.0 Å². The number of aliphatic hydroxyl groups excluding tert-OH is 7. The second-order valence-corrected chi connectivity index (χ2v) is 20.3. The molecule has 1 amide bonds.